The average molecular weight is 325 g/mol. The Balaban J connectivity index is 1.97. The molecule has 0 saturated carbocycles. The van der Waals surface area contributed by atoms with E-state index in [1.807, 2.05) is 0 Å². The number of carbonyl (C=O) groups excluding carboxylic acids is 2. The van der Waals surface area contributed by atoms with Crippen molar-refractivity contribution < 1.29 is 19.4 Å². The van der Waals surface area contributed by atoms with E-state index in [0.717, 1.165) is 5.56 Å². The third-order valence-electron chi connectivity index (χ3n) is 3.30. The number of rotatable bonds is 6. The fraction of sp³-hybridized carbons (Fsp3) is 0.158. The Bertz CT molecular complexity index is 748. The second-order valence-corrected chi connectivity index (χ2v) is 5.39. The van der Waals surface area contributed by atoms with E-state index in [4.69, 9.17) is 4.74 Å². The first-order valence-corrected chi connectivity index (χ1v) is 7.40. The fourth-order valence-corrected chi connectivity index (χ4v) is 1.89. The third-order valence-corrected chi connectivity index (χ3v) is 3.30. The van der Waals surface area contributed by atoms with Gasteiger partial charge in [0.2, 0.25) is 0 Å². The number of hydrogen-bond donors (Lipinski definition) is 1. The summed E-state index contributed by atoms with van der Waals surface area (Å²) in [6, 6.07) is 13.2. The number of aromatic hydroxyl groups is 1. The number of likely N-dealkylation sites (N-methyl/N-ethyl adjacent to an activating group) is 1. The van der Waals surface area contributed by atoms with E-state index in [1.165, 1.54) is 11.0 Å². The van der Waals surface area contributed by atoms with E-state index in [1.54, 1.807) is 68.7 Å². The van der Waals surface area contributed by atoms with Crippen LogP contribution in [-0.4, -0.2) is 42.4 Å². The van der Waals surface area contributed by atoms with Crippen molar-refractivity contribution in [1.82, 2.24) is 4.90 Å². The molecule has 1 N–H and O–H groups in total. The summed E-state index contributed by atoms with van der Waals surface area (Å²) in [5.74, 6) is 0.385. The largest absolute Gasteiger partial charge is 0.508 e. The van der Waals surface area contributed by atoms with Crippen LogP contribution in [0.2, 0.25) is 0 Å². The van der Waals surface area contributed by atoms with E-state index >= 15 is 0 Å². The zero-order valence-electron chi connectivity index (χ0n) is 13.6. The molecule has 0 radical (unpaired) electrons. The smallest absolute Gasteiger partial charge is 0.259 e. The van der Waals surface area contributed by atoms with Crippen molar-refractivity contribution >= 4 is 17.8 Å². The summed E-state index contributed by atoms with van der Waals surface area (Å²) in [5, 5.41) is 9.39. The monoisotopic (exact) mass is 325 g/mol. The van der Waals surface area contributed by atoms with Gasteiger partial charge in [-0.2, -0.15) is 0 Å². The molecule has 5 heteroatoms. The highest BCUT2D eigenvalue weighted by molar-refractivity contribution is 6.06. The van der Waals surface area contributed by atoms with Crippen LogP contribution >= 0.6 is 0 Å². The number of phenols is 1. The van der Waals surface area contributed by atoms with Crippen molar-refractivity contribution in [3.8, 4) is 11.5 Å². The zero-order chi connectivity index (χ0) is 17.5. The summed E-state index contributed by atoms with van der Waals surface area (Å²) in [6.45, 7) is -0.0440. The standard InChI is InChI=1S/C19H19NO4/c1-20(2)19(23)13-24-17-9-7-15(8-10-17)18(22)11-6-14-4-3-5-16(21)12-14/h3-12,21H,13H2,1-2H3. The number of carbonyl (C=O) groups is 2. The van der Waals surface area contributed by atoms with E-state index < -0.39 is 0 Å². The van der Waals surface area contributed by atoms with Crippen LogP contribution in [0.3, 0.4) is 0 Å². The normalized spacial score (nSPS) is 10.6. The van der Waals surface area contributed by atoms with Crippen molar-refractivity contribution in [1.29, 1.82) is 0 Å². The summed E-state index contributed by atoms with van der Waals surface area (Å²) >= 11 is 0. The molecular weight excluding hydrogens is 306 g/mol. The van der Waals surface area contributed by atoms with Crippen LogP contribution < -0.4 is 4.74 Å². The van der Waals surface area contributed by atoms with Gasteiger partial charge in [0.25, 0.3) is 5.91 Å². The van der Waals surface area contributed by atoms with Gasteiger partial charge in [-0.15, -0.1) is 0 Å². The molecule has 2 aromatic rings. The summed E-state index contributed by atoms with van der Waals surface area (Å²) in [7, 11) is 3.32. The Kier molecular flexibility index (Phi) is 5.73. The highest BCUT2D eigenvalue weighted by Crippen LogP contribution is 2.15. The average Bonchev–Trinajstić information content (AvgIpc) is 2.58. The van der Waals surface area contributed by atoms with Crippen LogP contribution in [0.5, 0.6) is 11.5 Å². The zero-order valence-corrected chi connectivity index (χ0v) is 13.6. The number of amides is 1. The molecule has 0 heterocycles. The lowest BCUT2D eigenvalue weighted by Gasteiger charge is -2.11. The van der Waals surface area contributed by atoms with Crippen molar-refractivity contribution in [3.05, 3.63) is 65.7 Å². The van der Waals surface area contributed by atoms with Crippen LogP contribution in [0.1, 0.15) is 15.9 Å². The maximum atomic E-state index is 12.1. The highest BCUT2D eigenvalue weighted by Gasteiger charge is 2.06. The van der Waals surface area contributed by atoms with Gasteiger partial charge in [-0.25, -0.2) is 0 Å². The van der Waals surface area contributed by atoms with Gasteiger partial charge in [0.05, 0.1) is 0 Å². The maximum absolute atomic E-state index is 12.1. The highest BCUT2D eigenvalue weighted by atomic mass is 16.5. The molecule has 0 bridgehead atoms. The van der Waals surface area contributed by atoms with Gasteiger partial charge in [-0.3, -0.25) is 9.59 Å². The molecule has 0 saturated heterocycles. The Morgan fingerprint density at radius 3 is 2.46 bits per heavy atom. The Labute approximate surface area is 140 Å². The predicted molar refractivity (Wildman–Crippen MR) is 92.1 cm³/mol. The Hall–Kier alpha value is -3.08. The molecule has 2 rings (SSSR count). The molecule has 0 spiro atoms. The van der Waals surface area contributed by atoms with Gasteiger partial charge in [0.1, 0.15) is 11.5 Å². The minimum absolute atomic E-state index is 0.0440. The number of ketones is 1. The van der Waals surface area contributed by atoms with Crippen LogP contribution in [0, 0.1) is 0 Å². The van der Waals surface area contributed by atoms with Gasteiger partial charge in [-0.1, -0.05) is 18.2 Å². The first-order chi connectivity index (χ1) is 11.5. The van der Waals surface area contributed by atoms with Gasteiger partial charge < -0.3 is 14.7 Å². The molecule has 1 amide bonds. The lowest BCUT2D eigenvalue weighted by molar-refractivity contribution is -0.130. The fourth-order valence-electron chi connectivity index (χ4n) is 1.89. The number of nitrogens with zero attached hydrogens (tertiary/aromatic N) is 1. The minimum Gasteiger partial charge on any atom is -0.508 e. The molecule has 0 aliphatic carbocycles. The molecule has 0 aliphatic heterocycles. The first kappa shape index (κ1) is 17.3. The molecular formula is C19H19NO4. The van der Waals surface area contributed by atoms with Crippen molar-refractivity contribution in [2.45, 2.75) is 0 Å². The summed E-state index contributed by atoms with van der Waals surface area (Å²) in [6.07, 6.45) is 3.09. The van der Waals surface area contributed by atoms with E-state index in [2.05, 4.69) is 0 Å². The van der Waals surface area contributed by atoms with Crippen molar-refractivity contribution in [3.63, 3.8) is 0 Å². The number of ether oxygens (including phenoxy) is 1. The molecule has 0 fully saturated rings. The van der Waals surface area contributed by atoms with Crippen molar-refractivity contribution in [2.75, 3.05) is 20.7 Å². The lowest BCUT2D eigenvalue weighted by atomic mass is 10.1. The van der Waals surface area contributed by atoms with E-state index in [9.17, 15) is 14.7 Å². The molecule has 0 aliphatic rings. The number of allylic oxidation sites excluding steroid dienone is 1. The number of phenolic OH excluding ortho intramolecular Hbond substituents is 1. The summed E-state index contributed by atoms with van der Waals surface area (Å²) < 4.78 is 5.36. The molecule has 5 nitrogen and oxygen atoms in total. The summed E-state index contributed by atoms with van der Waals surface area (Å²) in [5.41, 5.74) is 1.25. The molecule has 0 aromatic heterocycles. The van der Waals surface area contributed by atoms with Crippen LogP contribution in [0.4, 0.5) is 0 Å². The minimum atomic E-state index is -0.158. The number of hydrogen-bond acceptors (Lipinski definition) is 4. The molecule has 24 heavy (non-hydrogen) atoms. The SMILES string of the molecule is CN(C)C(=O)COc1ccc(C(=O)C=Cc2cccc(O)c2)cc1. The molecule has 124 valence electrons. The van der Waals surface area contributed by atoms with Crippen molar-refractivity contribution in [2.24, 2.45) is 0 Å². The maximum Gasteiger partial charge on any atom is 0.259 e. The van der Waals surface area contributed by atoms with Crippen LogP contribution in [0.15, 0.2) is 54.6 Å². The van der Waals surface area contributed by atoms with Crippen LogP contribution in [0.25, 0.3) is 6.08 Å². The predicted octanol–water partition coefficient (Wildman–Crippen LogP) is 2.76. The molecule has 0 unspecified atom stereocenters. The topological polar surface area (TPSA) is 66.8 Å². The van der Waals surface area contributed by atoms with Gasteiger partial charge in [0, 0.05) is 19.7 Å². The van der Waals surface area contributed by atoms with E-state index in [-0.39, 0.29) is 24.0 Å². The Morgan fingerprint density at radius 1 is 1.12 bits per heavy atom. The molecule has 0 atom stereocenters. The molecule has 2 aromatic carbocycles. The first-order valence-electron chi connectivity index (χ1n) is 7.40. The van der Waals surface area contributed by atoms with Gasteiger partial charge >= 0.3 is 0 Å². The number of benzene rings is 2. The second kappa shape index (κ2) is 7.97. The third kappa shape index (κ3) is 4.98. The van der Waals surface area contributed by atoms with Gasteiger partial charge in [-0.05, 0) is 48.0 Å². The summed E-state index contributed by atoms with van der Waals surface area (Å²) in [4.78, 5) is 25.0. The van der Waals surface area contributed by atoms with E-state index in [0.29, 0.717) is 11.3 Å². The van der Waals surface area contributed by atoms with Crippen LogP contribution in [-0.2, 0) is 4.79 Å². The lowest BCUT2D eigenvalue weighted by Crippen LogP contribution is -2.27. The van der Waals surface area contributed by atoms with Gasteiger partial charge in [0.15, 0.2) is 12.4 Å². The quantitative estimate of drug-likeness (QED) is 0.655. The Morgan fingerprint density at radius 2 is 1.83 bits per heavy atom. The second-order valence-electron chi connectivity index (χ2n) is 5.39.